The number of fused-ring (bicyclic) bond motifs is 1. The smallest absolute Gasteiger partial charge is 0.282 e. The first-order valence-electron chi connectivity index (χ1n) is 9.04. The van der Waals surface area contributed by atoms with Gasteiger partial charge >= 0.3 is 0 Å². The maximum absolute atomic E-state index is 13.0. The molecule has 0 bridgehead atoms. The molecule has 1 saturated heterocycles. The van der Waals surface area contributed by atoms with Crippen molar-refractivity contribution in [2.75, 3.05) is 43.1 Å². The van der Waals surface area contributed by atoms with Crippen LogP contribution in [-0.2, 0) is 11.8 Å². The van der Waals surface area contributed by atoms with Crippen molar-refractivity contribution in [1.29, 1.82) is 0 Å². The summed E-state index contributed by atoms with van der Waals surface area (Å²) in [6.45, 7) is 3.12. The van der Waals surface area contributed by atoms with E-state index in [1.807, 2.05) is 4.90 Å². The molecule has 28 heavy (non-hydrogen) atoms. The first-order chi connectivity index (χ1) is 13.5. The van der Waals surface area contributed by atoms with Gasteiger partial charge in [0.25, 0.3) is 11.2 Å². The topological polar surface area (TPSA) is 115 Å². The lowest BCUT2D eigenvalue weighted by atomic mass is 10.1. The Morgan fingerprint density at radius 2 is 1.93 bits per heavy atom. The zero-order valence-electron chi connectivity index (χ0n) is 15.4. The van der Waals surface area contributed by atoms with Crippen LogP contribution >= 0.6 is 0 Å². The maximum Gasteiger partial charge on any atom is 0.282 e. The number of hydrogen-bond acceptors (Lipinski definition) is 8. The minimum absolute atomic E-state index is 0.0178. The molecule has 1 aromatic carbocycles. The number of ether oxygens (including phenoxy) is 1. The fraction of sp³-hybridized carbons (Fsp3) is 0.389. The van der Waals surface area contributed by atoms with Crippen molar-refractivity contribution in [1.82, 2.24) is 9.55 Å². The first kappa shape index (κ1) is 18.1. The van der Waals surface area contributed by atoms with Crippen LogP contribution in [0.25, 0.3) is 0 Å². The Morgan fingerprint density at radius 1 is 1.21 bits per heavy atom. The summed E-state index contributed by atoms with van der Waals surface area (Å²) in [4.78, 5) is 34.6. The molecule has 1 fully saturated rings. The molecule has 3 heterocycles. The van der Waals surface area contributed by atoms with E-state index in [0.717, 1.165) is 5.56 Å². The lowest BCUT2D eigenvalue weighted by Crippen LogP contribution is -2.40. The quantitative estimate of drug-likeness (QED) is 0.629. The van der Waals surface area contributed by atoms with Crippen LogP contribution in [0.5, 0.6) is 0 Å². The van der Waals surface area contributed by atoms with Gasteiger partial charge in [-0.3, -0.25) is 19.5 Å². The Bertz CT molecular complexity index is 992. The Hall–Kier alpha value is -3.27. The summed E-state index contributed by atoms with van der Waals surface area (Å²) in [5, 5.41) is 14.0. The zero-order chi connectivity index (χ0) is 19.7. The molecule has 0 atom stereocenters. The van der Waals surface area contributed by atoms with Crippen molar-refractivity contribution >= 4 is 28.9 Å². The molecular weight excluding hydrogens is 364 g/mol. The molecule has 4 rings (SSSR count). The Kier molecular flexibility index (Phi) is 4.78. The van der Waals surface area contributed by atoms with Gasteiger partial charge in [-0.15, -0.1) is 0 Å². The number of rotatable bonds is 3. The van der Waals surface area contributed by atoms with Crippen LogP contribution in [0.3, 0.4) is 0 Å². The lowest BCUT2D eigenvalue weighted by Gasteiger charge is -2.29. The molecule has 1 aromatic heterocycles. The number of nitro benzene ring substituents is 1. The SMILES string of the molecule is Cn1c(N2CCOCC2)nc2c(c1=O)N=C(c1ccc([N+](=O)[O-])cc1)CCN2. The predicted octanol–water partition coefficient (Wildman–Crippen LogP) is 1.46. The van der Waals surface area contributed by atoms with Gasteiger partial charge in [0, 0.05) is 45.2 Å². The minimum Gasteiger partial charge on any atom is -0.378 e. The van der Waals surface area contributed by atoms with Crippen LogP contribution in [0, 0.1) is 10.1 Å². The van der Waals surface area contributed by atoms with Crippen molar-refractivity contribution < 1.29 is 9.66 Å². The van der Waals surface area contributed by atoms with Gasteiger partial charge in [-0.2, -0.15) is 4.98 Å². The number of morpholine rings is 1. The monoisotopic (exact) mass is 384 g/mol. The van der Waals surface area contributed by atoms with Crippen LogP contribution in [0.15, 0.2) is 34.1 Å². The number of non-ortho nitro benzene ring substituents is 1. The Balaban J connectivity index is 1.74. The van der Waals surface area contributed by atoms with Crippen LogP contribution in [0.4, 0.5) is 23.1 Å². The average Bonchev–Trinajstić information content (AvgIpc) is 2.94. The highest BCUT2D eigenvalue weighted by Gasteiger charge is 2.22. The first-order valence-corrected chi connectivity index (χ1v) is 9.04. The maximum atomic E-state index is 13.0. The van der Waals surface area contributed by atoms with E-state index in [0.29, 0.717) is 56.7 Å². The molecule has 1 N–H and O–H groups in total. The molecule has 0 saturated carbocycles. The highest BCUT2D eigenvalue weighted by Crippen LogP contribution is 2.26. The highest BCUT2D eigenvalue weighted by atomic mass is 16.6. The molecule has 0 unspecified atom stereocenters. The molecule has 10 heteroatoms. The normalized spacial score (nSPS) is 16.6. The van der Waals surface area contributed by atoms with Gasteiger partial charge in [0.2, 0.25) is 5.95 Å². The van der Waals surface area contributed by atoms with E-state index >= 15 is 0 Å². The second kappa shape index (κ2) is 7.39. The molecule has 0 amide bonds. The van der Waals surface area contributed by atoms with Gasteiger partial charge in [-0.05, 0) is 17.7 Å². The molecule has 10 nitrogen and oxygen atoms in total. The Morgan fingerprint density at radius 3 is 2.61 bits per heavy atom. The van der Waals surface area contributed by atoms with Crippen molar-refractivity contribution in [3.8, 4) is 0 Å². The van der Waals surface area contributed by atoms with Gasteiger partial charge < -0.3 is 15.0 Å². The lowest BCUT2D eigenvalue weighted by molar-refractivity contribution is -0.384. The van der Waals surface area contributed by atoms with E-state index in [9.17, 15) is 14.9 Å². The summed E-state index contributed by atoms with van der Waals surface area (Å²) in [7, 11) is 1.69. The summed E-state index contributed by atoms with van der Waals surface area (Å²) in [5.74, 6) is 1.05. The number of nitrogens with one attached hydrogen (secondary N) is 1. The third-order valence-electron chi connectivity index (χ3n) is 4.85. The van der Waals surface area contributed by atoms with Crippen molar-refractivity contribution in [2.45, 2.75) is 6.42 Å². The van der Waals surface area contributed by atoms with Crippen LogP contribution < -0.4 is 15.8 Å². The largest absolute Gasteiger partial charge is 0.378 e. The number of aromatic nitrogens is 2. The number of anilines is 2. The predicted molar refractivity (Wildman–Crippen MR) is 105 cm³/mol. The zero-order valence-corrected chi connectivity index (χ0v) is 15.4. The van der Waals surface area contributed by atoms with Crippen molar-refractivity contribution in [3.05, 3.63) is 50.3 Å². The average molecular weight is 384 g/mol. The summed E-state index contributed by atoms with van der Waals surface area (Å²) < 4.78 is 6.88. The molecule has 0 radical (unpaired) electrons. The molecule has 0 spiro atoms. The van der Waals surface area contributed by atoms with Crippen LogP contribution in [-0.4, -0.2) is 53.0 Å². The van der Waals surface area contributed by atoms with Gasteiger partial charge in [0.15, 0.2) is 11.5 Å². The van der Waals surface area contributed by atoms with E-state index in [1.54, 1.807) is 19.2 Å². The van der Waals surface area contributed by atoms with E-state index in [-0.39, 0.29) is 16.9 Å². The minimum atomic E-state index is -0.442. The van der Waals surface area contributed by atoms with E-state index in [1.165, 1.54) is 16.7 Å². The van der Waals surface area contributed by atoms with Crippen LogP contribution in [0.1, 0.15) is 12.0 Å². The summed E-state index contributed by atoms with van der Waals surface area (Å²) in [6.07, 6.45) is 0.574. The second-order valence-corrected chi connectivity index (χ2v) is 6.61. The number of nitro groups is 1. The van der Waals surface area contributed by atoms with Crippen LogP contribution in [0.2, 0.25) is 0 Å². The van der Waals surface area contributed by atoms with E-state index in [4.69, 9.17) is 4.74 Å². The fourth-order valence-electron chi connectivity index (χ4n) is 3.32. The highest BCUT2D eigenvalue weighted by molar-refractivity contribution is 6.03. The Labute approximate surface area is 160 Å². The molecule has 2 aromatic rings. The summed E-state index contributed by atoms with van der Waals surface area (Å²) >= 11 is 0. The summed E-state index contributed by atoms with van der Waals surface area (Å²) in [5.41, 5.74) is 1.48. The van der Waals surface area contributed by atoms with Gasteiger partial charge in [0.05, 0.1) is 23.8 Å². The standard InChI is InChI=1S/C18H20N6O4/c1-22-17(25)15-16(21-18(22)23-8-10-28-11-9-23)19-7-6-14(20-15)12-2-4-13(5-3-12)24(26)27/h2-5,19H,6-11H2,1H3. The summed E-state index contributed by atoms with van der Waals surface area (Å²) in [6, 6.07) is 6.19. The number of hydrogen-bond donors (Lipinski definition) is 1. The third kappa shape index (κ3) is 3.33. The number of aliphatic imine (C=N–C) groups is 1. The molecule has 0 aliphatic carbocycles. The molecule has 146 valence electrons. The fourth-order valence-corrected chi connectivity index (χ4v) is 3.32. The second-order valence-electron chi connectivity index (χ2n) is 6.61. The number of benzene rings is 1. The van der Waals surface area contributed by atoms with Crippen molar-refractivity contribution in [3.63, 3.8) is 0 Å². The number of nitrogens with zero attached hydrogens (tertiary/aromatic N) is 5. The van der Waals surface area contributed by atoms with E-state index in [2.05, 4.69) is 15.3 Å². The van der Waals surface area contributed by atoms with E-state index < -0.39 is 4.92 Å². The third-order valence-corrected chi connectivity index (χ3v) is 4.85. The van der Waals surface area contributed by atoms with Crippen molar-refractivity contribution in [2.24, 2.45) is 12.0 Å². The molecule has 2 aliphatic rings. The van der Waals surface area contributed by atoms with Gasteiger partial charge in [-0.1, -0.05) is 0 Å². The van der Waals surface area contributed by atoms with Gasteiger partial charge in [0.1, 0.15) is 0 Å². The van der Waals surface area contributed by atoms with Gasteiger partial charge in [-0.25, -0.2) is 4.99 Å². The molecular formula is C18H20N6O4. The molecule has 2 aliphatic heterocycles.